The van der Waals surface area contributed by atoms with Gasteiger partial charge in [-0.15, -0.1) is 11.3 Å². The number of amides is 1. The minimum Gasteiger partial charge on any atom is -0.469 e. The maximum Gasteiger partial charge on any atom is 0.340 e. The number of ether oxygens (including phenoxy) is 2. The van der Waals surface area contributed by atoms with Gasteiger partial charge in [-0.25, -0.2) is 9.78 Å². The average Bonchev–Trinajstić information content (AvgIpc) is 2.99. The summed E-state index contributed by atoms with van der Waals surface area (Å²) in [6, 6.07) is 4.30. The molecule has 0 fully saturated rings. The minimum atomic E-state index is -0.748. The number of aromatic nitrogens is 1. The molecule has 0 unspecified atom stereocenters. The van der Waals surface area contributed by atoms with E-state index in [1.807, 2.05) is 0 Å². The Balaban J connectivity index is 1.86. The topological polar surface area (TPSA) is 94.6 Å². The maximum atomic E-state index is 11.9. The SMILES string of the molecule is COC(=O)Cc1csc(NC(=O)COC(=O)c2ccc(Cl)cc2Cl)n1. The summed E-state index contributed by atoms with van der Waals surface area (Å²) in [6.07, 6.45) is 0.00687. The zero-order valence-electron chi connectivity index (χ0n) is 12.9. The third-order valence-corrected chi connectivity index (χ3v) is 4.19. The van der Waals surface area contributed by atoms with Crippen LogP contribution in [0.2, 0.25) is 10.0 Å². The van der Waals surface area contributed by atoms with Crippen molar-refractivity contribution in [3.8, 4) is 0 Å². The number of anilines is 1. The Bertz CT molecular complexity index is 809. The highest BCUT2D eigenvalue weighted by Crippen LogP contribution is 2.21. The summed E-state index contributed by atoms with van der Waals surface area (Å²) in [5.74, 6) is -1.75. The maximum absolute atomic E-state index is 11.9. The number of carbonyl (C=O) groups is 3. The smallest absolute Gasteiger partial charge is 0.340 e. The Labute approximate surface area is 156 Å². The van der Waals surface area contributed by atoms with E-state index in [1.54, 1.807) is 5.38 Å². The van der Waals surface area contributed by atoms with Crippen LogP contribution in [0.1, 0.15) is 16.1 Å². The van der Waals surface area contributed by atoms with Gasteiger partial charge in [-0.1, -0.05) is 23.2 Å². The quantitative estimate of drug-likeness (QED) is 0.746. The molecular formula is C15H12Cl2N2O5S. The molecule has 0 aliphatic rings. The largest absolute Gasteiger partial charge is 0.469 e. The molecule has 1 aromatic carbocycles. The highest BCUT2D eigenvalue weighted by Gasteiger charge is 2.15. The number of carbonyl (C=O) groups excluding carboxylic acids is 3. The van der Waals surface area contributed by atoms with E-state index < -0.39 is 24.5 Å². The summed E-state index contributed by atoms with van der Waals surface area (Å²) in [5.41, 5.74) is 0.575. The number of rotatable bonds is 6. The van der Waals surface area contributed by atoms with Crippen LogP contribution in [-0.2, 0) is 25.5 Å². The molecule has 0 aliphatic heterocycles. The Hall–Kier alpha value is -2.16. The number of halogens is 2. The van der Waals surface area contributed by atoms with Crippen LogP contribution < -0.4 is 5.32 Å². The van der Waals surface area contributed by atoms with Gasteiger partial charge in [0.25, 0.3) is 5.91 Å². The lowest BCUT2D eigenvalue weighted by atomic mass is 10.2. The first-order chi connectivity index (χ1) is 11.9. The molecule has 0 radical (unpaired) electrons. The summed E-state index contributed by atoms with van der Waals surface area (Å²) >= 11 is 12.8. The number of nitrogens with one attached hydrogen (secondary N) is 1. The van der Waals surface area contributed by atoms with Crippen LogP contribution in [0.15, 0.2) is 23.6 Å². The van der Waals surface area contributed by atoms with E-state index in [9.17, 15) is 14.4 Å². The van der Waals surface area contributed by atoms with Crippen molar-refractivity contribution in [1.29, 1.82) is 0 Å². The lowest BCUT2D eigenvalue weighted by Crippen LogP contribution is -2.21. The fraction of sp³-hybridized carbons (Fsp3) is 0.200. The molecule has 2 rings (SSSR count). The molecule has 25 heavy (non-hydrogen) atoms. The number of methoxy groups -OCH3 is 1. The predicted octanol–water partition coefficient (Wildman–Crippen LogP) is 2.96. The van der Waals surface area contributed by atoms with Crippen LogP contribution in [0.25, 0.3) is 0 Å². The van der Waals surface area contributed by atoms with Crippen molar-refractivity contribution in [1.82, 2.24) is 4.98 Å². The molecule has 132 valence electrons. The number of hydrogen-bond acceptors (Lipinski definition) is 7. The van der Waals surface area contributed by atoms with E-state index >= 15 is 0 Å². The molecule has 1 amide bonds. The number of esters is 2. The van der Waals surface area contributed by atoms with Crippen LogP contribution in [0.5, 0.6) is 0 Å². The van der Waals surface area contributed by atoms with E-state index in [1.165, 1.54) is 25.3 Å². The zero-order chi connectivity index (χ0) is 18.4. The first-order valence-electron chi connectivity index (χ1n) is 6.82. The van der Waals surface area contributed by atoms with E-state index in [4.69, 9.17) is 27.9 Å². The summed E-state index contributed by atoms with van der Waals surface area (Å²) in [5, 5.41) is 4.88. The fourth-order valence-electron chi connectivity index (χ4n) is 1.68. The predicted molar refractivity (Wildman–Crippen MR) is 93.2 cm³/mol. The summed E-state index contributed by atoms with van der Waals surface area (Å²) in [4.78, 5) is 38.9. The highest BCUT2D eigenvalue weighted by molar-refractivity contribution is 7.13. The third kappa shape index (κ3) is 5.70. The van der Waals surface area contributed by atoms with Gasteiger partial charge in [0.15, 0.2) is 11.7 Å². The lowest BCUT2D eigenvalue weighted by molar-refractivity contribution is -0.139. The Morgan fingerprint density at radius 2 is 2.04 bits per heavy atom. The number of benzene rings is 1. The second-order valence-corrected chi connectivity index (χ2v) is 6.35. The normalized spacial score (nSPS) is 10.2. The van der Waals surface area contributed by atoms with Gasteiger partial charge in [-0.05, 0) is 18.2 Å². The van der Waals surface area contributed by atoms with Crippen molar-refractivity contribution in [2.75, 3.05) is 19.0 Å². The molecule has 0 atom stereocenters. The van der Waals surface area contributed by atoms with Crippen LogP contribution in [0, 0.1) is 0 Å². The third-order valence-electron chi connectivity index (χ3n) is 2.84. The van der Waals surface area contributed by atoms with Gasteiger partial charge in [0.05, 0.1) is 29.8 Å². The molecule has 0 spiro atoms. The van der Waals surface area contributed by atoms with Crippen LogP contribution in [-0.4, -0.2) is 36.5 Å². The number of thiazole rings is 1. The van der Waals surface area contributed by atoms with E-state index in [0.717, 1.165) is 11.3 Å². The first-order valence-corrected chi connectivity index (χ1v) is 8.46. The van der Waals surface area contributed by atoms with E-state index in [2.05, 4.69) is 15.0 Å². The van der Waals surface area contributed by atoms with Gasteiger partial charge < -0.3 is 9.47 Å². The summed E-state index contributed by atoms with van der Waals surface area (Å²) in [6.45, 7) is -0.510. The average molecular weight is 403 g/mol. The molecule has 7 nitrogen and oxygen atoms in total. The monoisotopic (exact) mass is 402 g/mol. The van der Waals surface area contributed by atoms with Gasteiger partial charge in [-0.2, -0.15) is 0 Å². The van der Waals surface area contributed by atoms with Crippen LogP contribution in [0.3, 0.4) is 0 Å². The Morgan fingerprint density at radius 3 is 2.72 bits per heavy atom. The molecule has 0 saturated heterocycles. The lowest BCUT2D eigenvalue weighted by Gasteiger charge is -2.06. The van der Waals surface area contributed by atoms with Crippen LogP contribution in [0.4, 0.5) is 5.13 Å². The molecular weight excluding hydrogens is 391 g/mol. The van der Waals surface area contributed by atoms with Crippen molar-refractivity contribution < 1.29 is 23.9 Å². The van der Waals surface area contributed by atoms with Gasteiger partial charge in [-0.3, -0.25) is 14.9 Å². The van der Waals surface area contributed by atoms with Gasteiger partial charge in [0.2, 0.25) is 0 Å². The van der Waals surface area contributed by atoms with E-state index in [-0.39, 0.29) is 22.1 Å². The first kappa shape index (κ1) is 19.2. The summed E-state index contributed by atoms with van der Waals surface area (Å²) < 4.78 is 9.43. The molecule has 2 aromatic rings. The summed E-state index contributed by atoms with van der Waals surface area (Å²) in [7, 11) is 1.28. The molecule has 1 heterocycles. The van der Waals surface area contributed by atoms with Crippen molar-refractivity contribution in [2.45, 2.75) is 6.42 Å². The molecule has 0 bridgehead atoms. The van der Waals surface area contributed by atoms with Crippen molar-refractivity contribution in [3.63, 3.8) is 0 Å². The Morgan fingerprint density at radius 1 is 1.28 bits per heavy atom. The number of hydrogen-bond donors (Lipinski definition) is 1. The van der Waals surface area contributed by atoms with E-state index in [0.29, 0.717) is 10.7 Å². The molecule has 0 aliphatic carbocycles. The zero-order valence-corrected chi connectivity index (χ0v) is 15.2. The number of nitrogens with zero attached hydrogens (tertiary/aromatic N) is 1. The standard InChI is InChI=1S/C15H12Cl2N2O5S/c1-23-13(21)5-9-7-25-15(18-9)19-12(20)6-24-14(22)10-3-2-8(16)4-11(10)17/h2-4,7H,5-6H2,1H3,(H,18,19,20). The molecule has 1 aromatic heterocycles. The fourth-order valence-corrected chi connectivity index (χ4v) is 2.90. The molecule has 1 N–H and O–H groups in total. The van der Waals surface area contributed by atoms with Gasteiger partial charge in [0.1, 0.15) is 0 Å². The minimum absolute atomic E-state index is 0.00687. The van der Waals surface area contributed by atoms with Crippen molar-refractivity contribution >= 4 is 57.5 Å². The second kappa shape index (κ2) is 8.80. The Kier molecular flexibility index (Phi) is 6.74. The van der Waals surface area contributed by atoms with Gasteiger partial charge in [0, 0.05) is 10.4 Å². The molecule has 0 saturated carbocycles. The van der Waals surface area contributed by atoms with Crippen LogP contribution >= 0.6 is 34.5 Å². The second-order valence-electron chi connectivity index (χ2n) is 4.65. The highest BCUT2D eigenvalue weighted by atomic mass is 35.5. The van der Waals surface area contributed by atoms with Crippen molar-refractivity contribution in [3.05, 3.63) is 44.9 Å². The van der Waals surface area contributed by atoms with Gasteiger partial charge >= 0.3 is 11.9 Å². The van der Waals surface area contributed by atoms with Crippen molar-refractivity contribution in [2.24, 2.45) is 0 Å². The molecule has 10 heteroatoms.